The Balaban J connectivity index is 2.45. The summed E-state index contributed by atoms with van der Waals surface area (Å²) in [5.74, 6) is -0.00715. The Bertz CT molecular complexity index is 661. The van der Waals surface area contributed by atoms with Crippen LogP contribution in [0.15, 0.2) is 23.1 Å². The van der Waals surface area contributed by atoms with Crippen molar-refractivity contribution in [3.8, 4) is 0 Å². The molecule has 0 saturated carbocycles. The Hall–Kier alpha value is -1.71. The molecule has 0 amide bonds. The SMILES string of the molecule is CC1CCN(S(=O)(=O)c2cc(N)ccc2[N+](=O)[O-])CC1O. The van der Waals surface area contributed by atoms with Gasteiger partial charge < -0.3 is 10.8 Å². The number of hydrogen-bond acceptors (Lipinski definition) is 6. The molecule has 116 valence electrons. The molecule has 1 aliphatic heterocycles. The van der Waals surface area contributed by atoms with Crippen LogP contribution in [0.4, 0.5) is 11.4 Å². The number of β-amino-alcohol motifs (C(OH)–C–C–N with tert-alkyl or cyclic N) is 1. The van der Waals surface area contributed by atoms with E-state index in [-0.39, 0.29) is 24.7 Å². The average Bonchev–Trinajstić information content (AvgIpc) is 2.41. The van der Waals surface area contributed by atoms with Crippen molar-refractivity contribution >= 4 is 21.4 Å². The summed E-state index contributed by atoms with van der Waals surface area (Å²) in [7, 11) is -4.06. The Morgan fingerprint density at radius 3 is 2.71 bits per heavy atom. The van der Waals surface area contributed by atoms with Crippen LogP contribution in [0.25, 0.3) is 0 Å². The second-order valence-electron chi connectivity index (χ2n) is 5.18. The summed E-state index contributed by atoms with van der Waals surface area (Å²) in [5.41, 5.74) is 5.16. The van der Waals surface area contributed by atoms with Crippen LogP contribution in [0, 0.1) is 16.0 Å². The number of nitrogens with two attached hydrogens (primary N) is 1. The number of nitro groups is 1. The van der Waals surface area contributed by atoms with E-state index in [4.69, 9.17) is 5.73 Å². The van der Waals surface area contributed by atoms with Crippen molar-refractivity contribution in [3.05, 3.63) is 28.3 Å². The number of nitrogen functional groups attached to an aromatic ring is 1. The van der Waals surface area contributed by atoms with Gasteiger partial charge in [-0.25, -0.2) is 8.42 Å². The predicted molar refractivity (Wildman–Crippen MR) is 76.1 cm³/mol. The van der Waals surface area contributed by atoms with Gasteiger partial charge >= 0.3 is 0 Å². The van der Waals surface area contributed by atoms with Gasteiger partial charge in [0.05, 0.1) is 11.0 Å². The van der Waals surface area contributed by atoms with Crippen LogP contribution >= 0.6 is 0 Å². The highest BCUT2D eigenvalue weighted by Gasteiger charge is 2.36. The Morgan fingerprint density at radius 1 is 1.48 bits per heavy atom. The molecular weight excluding hydrogens is 298 g/mol. The highest BCUT2D eigenvalue weighted by atomic mass is 32.2. The van der Waals surface area contributed by atoms with Crippen molar-refractivity contribution in [2.45, 2.75) is 24.3 Å². The van der Waals surface area contributed by atoms with E-state index in [0.29, 0.717) is 6.42 Å². The Kier molecular flexibility index (Phi) is 4.17. The maximum Gasteiger partial charge on any atom is 0.289 e. The number of sulfonamides is 1. The number of piperidine rings is 1. The molecule has 8 nitrogen and oxygen atoms in total. The van der Waals surface area contributed by atoms with Gasteiger partial charge in [-0.2, -0.15) is 4.31 Å². The summed E-state index contributed by atoms with van der Waals surface area (Å²) in [4.78, 5) is 9.82. The van der Waals surface area contributed by atoms with E-state index >= 15 is 0 Å². The molecule has 1 aliphatic rings. The van der Waals surface area contributed by atoms with Gasteiger partial charge in [0.25, 0.3) is 5.69 Å². The number of benzene rings is 1. The van der Waals surface area contributed by atoms with E-state index < -0.39 is 31.6 Å². The van der Waals surface area contributed by atoms with Crippen molar-refractivity contribution in [1.29, 1.82) is 0 Å². The smallest absolute Gasteiger partial charge is 0.289 e. The van der Waals surface area contributed by atoms with Gasteiger partial charge in [-0.05, 0) is 24.5 Å². The number of rotatable bonds is 3. The first-order valence-corrected chi connectivity index (χ1v) is 7.89. The van der Waals surface area contributed by atoms with Gasteiger partial charge in [0.1, 0.15) is 0 Å². The number of aliphatic hydroxyl groups excluding tert-OH is 1. The topological polar surface area (TPSA) is 127 Å². The van der Waals surface area contributed by atoms with E-state index in [1.165, 1.54) is 6.07 Å². The molecule has 0 spiro atoms. The third-order valence-corrected chi connectivity index (χ3v) is 5.57. The van der Waals surface area contributed by atoms with Crippen molar-refractivity contribution in [2.24, 2.45) is 5.92 Å². The Labute approximate surface area is 122 Å². The van der Waals surface area contributed by atoms with Crippen molar-refractivity contribution in [2.75, 3.05) is 18.8 Å². The molecule has 1 saturated heterocycles. The number of aliphatic hydroxyl groups is 1. The first kappa shape index (κ1) is 15.7. The van der Waals surface area contributed by atoms with Gasteiger partial charge in [0, 0.05) is 24.8 Å². The average molecular weight is 315 g/mol. The molecule has 0 aromatic heterocycles. The highest BCUT2D eigenvalue weighted by Crippen LogP contribution is 2.31. The van der Waals surface area contributed by atoms with Gasteiger partial charge in [0.15, 0.2) is 4.90 Å². The molecule has 0 radical (unpaired) electrons. The standard InChI is InChI=1S/C12H17N3O5S/c1-8-4-5-14(7-11(8)16)21(19,20)12-6-9(13)2-3-10(12)15(17)18/h2-3,6,8,11,16H,4-5,7,13H2,1H3. The largest absolute Gasteiger partial charge is 0.399 e. The van der Waals surface area contributed by atoms with Crippen LogP contribution in [-0.4, -0.2) is 41.9 Å². The van der Waals surface area contributed by atoms with Crippen LogP contribution in [0.5, 0.6) is 0 Å². The van der Waals surface area contributed by atoms with Crippen LogP contribution in [0.1, 0.15) is 13.3 Å². The normalized spacial score (nSPS) is 23.9. The van der Waals surface area contributed by atoms with E-state index in [9.17, 15) is 23.6 Å². The summed E-state index contributed by atoms with van der Waals surface area (Å²) in [6.07, 6.45) is -0.287. The van der Waals surface area contributed by atoms with Crippen molar-refractivity contribution in [1.82, 2.24) is 4.31 Å². The predicted octanol–water partition coefficient (Wildman–Crippen LogP) is 0.568. The van der Waals surface area contributed by atoms with Crippen molar-refractivity contribution < 1.29 is 18.4 Å². The zero-order valence-electron chi connectivity index (χ0n) is 11.5. The molecule has 2 unspecified atom stereocenters. The highest BCUT2D eigenvalue weighted by molar-refractivity contribution is 7.89. The van der Waals surface area contributed by atoms with Crippen molar-refractivity contribution in [3.63, 3.8) is 0 Å². The lowest BCUT2D eigenvalue weighted by Crippen LogP contribution is -2.45. The summed E-state index contributed by atoms with van der Waals surface area (Å²) in [5, 5.41) is 20.8. The summed E-state index contributed by atoms with van der Waals surface area (Å²) < 4.78 is 26.2. The molecule has 3 N–H and O–H groups in total. The fourth-order valence-electron chi connectivity index (χ4n) is 2.27. The molecule has 21 heavy (non-hydrogen) atoms. The van der Waals surface area contributed by atoms with Crippen LogP contribution in [0.3, 0.4) is 0 Å². The van der Waals surface area contributed by atoms with Gasteiger partial charge in [-0.1, -0.05) is 6.92 Å². The minimum Gasteiger partial charge on any atom is -0.399 e. The van der Waals surface area contributed by atoms with E-state index in [0.717, 1.165) is 16.4 Å². The van der Waals surface area contributed by atoms with Crippen LogP contribution in [0.2, 0.25) is 0 Å². The maximum atomic E-state index is 12.6. The van der Waals surface area contributed by atoms with Gasteiger partial charge in [-0.3, -0.25) is 10.1 Å². The third kappa shape index (κ3) is 2.99. The molecule has 1 aromatic rings. The summed E-state index contributed by atoms with van der Waals surface area (Å²) in [6.45, 7) is 1.97. The van der Waals surface area contributed by atoms with E-state index in [1.54, 1.807) is 0 Å². The lowest BCUT2D eigenvalue weighted by atomic mass is 9.98. The second-order valence-corrected chi connectivity index (χ2v) is 7.09. The molecule has 9 heteroatoms. The number of nitro benzene ring substituents is 1. The lowest BCUT2D eigenvalue weighted by molar-refractivity contribution is -0.387. The molecule has 0 aliphatic carbocycles. The molecular formula is C12H17N3O5S. The molecule has 2 atom stereocenters. The second kappa shape index (κ2) is 5.58. The van der Waals surface area contributed by atoms with Crippen LogP contribution in [-0.2, 0) is 10.0 Å². The molecule has 1 aromatic carbocycles. The molecule has 1 heterocycles. The van der Waals surface area contributed by atoms with Gasteiger partial charge in [0.2, 0.25) is 10.0 Å². The molecule has 2 rings (SSSR count). The summed E-state index contributed by atoms with van der Waals surface area (Å²) >= 11 is 0. The first-order chi connectivity index (χ1) is 9.73. The Morgan fingerprint density at radius 2 is 2.14 bits per heavy atom. The fraction of sp³-hybridized carbons (Fsp3) is 0.500. The monoisotopic (exact) mass is 315 g/mol. The quantitative estimate of drug-likeness (QED) is 0.477. The number of anilines is 1. The fourth-order valence-corrected chi connectivity index (χ4v) is 3.93. The molecule has 0 bridgehead atoms. The number of nitrogens with zero attached hydrogens (tertiary/aromatic N) is 2. The number of hydrogen-bond donors (Lipinski definition) is 2. The van der Waals surface area contributed by atoms with Crippen LogP contribution < -0.4 is 5.73 Å². The third-order valence-electron chi connectivity index (χ3n) is 3.68. The maximum absolute atomic E-state index is 12.6. The minimum absolute atomic E-state index is 0.00715. The van der Waals surface area contributed by atoms with E-state index in [2.05, 4.69) is 0 Å². The van der Waals surface area contributed by atoms with E-state index in [1.807, 2.05) is 6.92 Å². The molecule has 1 fully saturated rings. The minimum atomic E-state index is -4.06. The zero-order chi connectivity index (χ0) is 15.8. The van der Waals surface area contributed by atoms with Gasteiger partial charge in [-0.15, -0.1) is 0 Å². The first-order valence-electron chi connectivity index (χ1n) is 6.45. The zero-order valence-corrected chi connectivity index (χ0v) is 12.3. The summed E-state index contributed by atoms with van der Waals surface area (Å²) in [6, 6.07) is 3.44. The lowest BCUT2D eigenvalue weighted by Gasteiger charge is -2.33.